The molecular formula is C14H16N4O2. The van der Waals surface area contributed by atoms with Gasteiger partial charge >= 0.3 is 6.03 Å². The molecule has 1 spiro atoms. The first-order valence-electron chi connectivity index (χ1n) is 6.84. The number of piperidine rings is 1. The second-order valence-electron chi connectivity index (χ2n) is 5.35. The van der Waals surface area contributed by atoms with Crippen LogP contribution in [0, 0.1) is 11.3 Å². The number of carbonyl (C=O) groups is 2. The molecule has 0 atom stereocenters. The number of urea groups is 1. The highest BCUT2D eigenvalue weighted by molar-refractivity contribution is 6.09. The molecule has 6 heteroatoms. The number of hydrogen-bond donors (Lipinski definition) is 2. The Labute approximate surface area is 117 Å². The van der Waals surface area contributed by atoms with E-state index in [0.29, 0.717) is 37.0 Å². The van der Waals surface area contributed by atoms with Gasteiger partial charge in [-0.05, 0) is 44.8 Å². The summed E-state index contributed by atoms with van der Waals surface area (Å²) in [7, 11) is 0. The van der Waals surface area contributed by atoms with E-state index in [1.165, 1.54) is 4.90 Å². The third-order valence-corrected chi connectivity index (χ3v) is 4.11. The van der Waals surface area contributed by atoms with Crippen LogP contribution in [0.2, 0.25) is 0 Å². The Morgan fingerprint density at radius 1 is 1.30 bits per heavy atom. The van der Waals surface area contributed by atoms with E-state index in [-0.39, 0.29) is 11.9 Å². The van der Waals surface area contributed by atoms with E-state index < -0.39 is 5.54 Å². The number of nitriles is 1. The number of rotatable bonds is 1. The van der Waals surface area contributed by atoms with Crippen molar-refractivity contribution in [3.05, 3.63) is 23.4 Å². The Morgan fingerprint density at radius 3 is 2.75 bits per heavy atom. The molecule has 0 aromatic rings. The van der Waals surface area contributed by atoms with Crippen LogP contribution in [0.25, 0.3) is 0 Å². The molecule has 3 rings (SSSR count). The first-order chi connectivity index (χ1) is 9.66. The zero-order valence-corrected chi connectivity index (χ0v) is 11.1. The lowest BCUT2D eigenvalue weighted by Gasteiger charge is -2.31. The molecule has 2 saturated heterocycles. The fourth-order valence-electron chi connectivity index (χ4n) is 2.98. The van der Waals surface area contributed by atoms with Crippen molar-refractivity contribution in [3.8, 4) is 6.07 Å². The number of nitrogens with zero attached hydrogens (tertiary/aromatic N) is 2. The lowest BCUT2D eigenvalue weighted by Crippen LogP contribution is -2.53. The highest BCUT2D eigenvalue weighted by atomic mass is 16.2. The normalized spacial score (nSPS) is 25.1. The van der Waals surface area contributed by atoms with E-state index in [4.69, 9.17) is 5.26 Å². The minimum atomic E-state index is -0.763. The Kier molecular flexibility index (Phi) is 3.07. The molecule has 3 amide bonds. The summed E-state index contributed by atoms with van der Waals surface area (Å²) in [6.45, 7) is 1.44. The molecule has 2 aliphatic heterocycles. The topological polar surface area (TPSA) is 85.2 Å². The summed E-state index contributed by atoms with van der Waals surface area (Å²) in [5, 5.41) is 15.0. The predicted octanol–water partition coefficient (Wildman–Crippen LogP) is 0.788. The van der Waals surface area contributed by atoms with Gasteiger partial charge in [-0.15, -0.1) is 0 Å². The first-order valence-corrected chi connectivity index (χ1v) is 6.84. The summed E-state index contributed by atoms with van der Waals surface area (Å²) in [4.78, 5) is 26.0. The van der Waals surface area contributed by atoms with Crippen LogP contribution in [0.15, 0.2) is 23.4 Å². The van der Waals surface area contributed by atoms with Gasteiger partial charge in [0.05, 0.1) is 11.8 Å². The van der Waals surface area contributed by atoms with Crippen LogP contribution in [0.3, 0.4) is 0 Å². The van der Waals surface area contributed by atoms with E-state index in [1.807, 2.05) is 6.08 Å². The fourth-order valence-corrected chi connectivity index (χ4v) is 2.98. The maximum atomic E-state index is 12.6. The summed E-state index contributed by atoms with van der Waals surface area (Å²) in [6, 6.07) is 1.72. The average Bonchev–Trinajstić information content (AvgIpc) is 2.71. The maximum Gasteiger partial charge on any atom is 0.329 e. The molecule has 0 unspecified atom stereocenters. The van der Waals surface area contributed by atoms with Gasteiger partial charge in [-0.1, -0.05) is 6.08 Å². The SMILES string of the molecule is N#CC1=CC(N2C(=O)NC3(CCNCC3)C2=O)=CCC1. The van der Waals surface area contributed by atoms with Gasteiger partial charge in [0.2, 0.25) is 0 Å². The van der Waals surface area contributed by atoms with Crippen LogP contribution >= 0.6 is 0 Å². The summed E-state index contributed by atoms with van der Waals surface area (Å²) in [6.07, 6.45) is 6.05. The van der Waals surface area contributed by atoms with Gasteiger partial charge in [0.25, 0.3) is 5.91 Å². The van der Waals surface area contributed by atoms with Crippen LogP contribution in [-0.4, -0.2) is 35.5 Å². The smallest absolute Gasteiger partial charge is 0.323 e. The van der Waals surface area contributed by atoms with Gasteiger partial charge in [0, 0.05) is 5.57 Å². The molecule has 6 nitrogen and oxygen atoms in total. The summed E-state index contributed by atoms with van der Waals surface area (Å²) >= 11 is 0. The molecule has 20 heavy (non-hydrogen) atoms. The second-order valence-corrected chi connectivity index (χ2v) is 5.35. The zero-order chi connectivity index (χ0) is 14.2. The molecule has 2 fully saturated rings. The summed E-state index contributed by atoms with van der Waals surface area (Å²) < 4.78 is 0. The number of carbonyl (C=O) groups excluding carboxylic acids is 2. The van der Waals surface area contributed by atoms with E-state index in [1.54, 1.807) is 6.08 Å². The average molecular weight is 272 g/mol. The van der Waals surface area contributed by atoms with Crippen molar-refractivity contribution in [2.45, 2.75) is 31.2 Å². The van der Waals surface area contributed by atoms with Gasteiger partial charge < -0.3 is 10.6 Å². The van der Waals surface area contributed by atoms with Gasteiger partial charge in [0.15, 0.2) is 0 Å². The number of amides is 3. The molecule has 104 valence electrons. The molecule has 0 aromatic carbocycles. The van der Waals surface area contributed by atoms with Crippen LogP contribution in [-0.2, 0) is 4.79 Å². The summed E-state index contributed by atoms with van der Waals surface area (Å²) in [5.41, 5.74) is 0.376. The van der Waals surface area contributed by atoms with Crippen LogP contribution in [0.5, 0.6) is 0 Å². The second kappa shape index (κ2) is 4.76. The predicted molar refractivity (Wildman–Crippen MR) is 71.2 cm³/mol. The van der Waals surface area contributed by atoms with Crippen molar-refractivity contribution in [2.24, 2.45) is 0 Å². The third kappa shape index (κ3) is 1.91. The minimum Gasteiger partial charge on any atom is -0.323 e. The van der Waals surface area contributed by atoms with Crippen molar-refractivity contribution in [1.29, 1.82) is 5.26 Å². The molecule has 2 N–H and O–H groups in total. The molecule has 0 radical (unpaired) electrons. The molecule has 0 saturated carbocycles. The Hall–Kier alpha value is -2.13. The maximum absolute atomic E-state index is 12.6. The monoisotopic (exact) mass is 272 g/mol. The van der Waals surface area contributed by atoms with Gasteiger partial charge in [-0.25, -0.2) is 9.69 Å². The van der Waals surface area contributed by atoms with E-state index in [0.717, 1.165) is 13.1 Å². The van der Waals surface area contributed by atoms with Crippen LogP contribution in [0.4, 0.5) is 4.79 Å². The Balaban J connectivity index is 1.90. The van der Waals surface area contributed by atoms with E-state index in [2.05, 4.69) is 16.7 Å². The third-order valence-electron chi connectivity index (χ3n) is 4.11. The quantitative estimate of drug-likeness (QED) is 0.691. The first kappa shape index (κ1) is 12.9. The van der Waals surface area contributed by atoms with Crippen LogP contribution in [0.1, 0.15) is 25.7 Å². The van der Waals surface area contributed by atoms with Crippen molar-refractivity contribution in [3.63, 3.8) is 0 Å². The van der Waals surface area contributed by atoms with Gasteiger partial charge in [-0.3, -0.25) is 4.79 Å². The number of allylic oxidation sites excluding steroid dienone is 3. The highest BCUT2D eigenvalue weighted by Crippen LogP contribution is 2.31. The molecule has 2 heterocycles. The van der Waals surface area contributed by atoms with Crippen molar-refractivity contribution >= 4 is 11.9 Å². The number of nitrogens with one attached hydrogen (secondary N) is 2. The zero-order valence-electron chi connectivity index (χ0n) is 11.1. The number of hydrogen-bond acceptors (Lipinski definition) is 4. The molecule has 1 aliphatic carbocycles. The fraction of sp³-hybridized carbons (Fsp3) is 0.500. The molecular weight excluding hydrogens is 256 g/mol. The van der Waals surface area contributed by atoms with Crippen molar-refractivity contribution in [2.75, 3.05) is 13.1 Å². The molecule has 3 aliphatic rings. The lowest BCUT2D eigenvalue weighted by atomic mass is 9.88. The van der Waals surface area contributed by atoms with E-state index >= 15 is 0 Å². The van der Waals surface area contributed by atoms with Crippen LogP contribution < -0.4 is 10.6 Å². The van der Waals surface area contributed by atoms with E-state index in [9.17, 15) is 9.59 Å². The highest BCUT2D eigenvalue weighted by Gasteiger charge is 2.52. The number of imide groups is 1. The van der Waals surface area contributed by atoms with Gasteiger partial charge in [0.1, 0.15) is 5.54 Å². The molecule has 0 aromatic heterocycles. The standard InChI is InChI=1S/C14H16N4O2/c15-9-10-2-1-3-11(8-10)18-12(19)14(17-13(18)20)4-6-16-7-5-14/h3,8,16H,1-2,4-7H2,(H,17,20). The summed E-state index contributed by atoms with van der Waals surface area (Å²) in [5.74, 6) is -0.189. The Morgan fingerprint density at radius 2 is 2.05 bits per heavy atom. The van der Waals surface area contributed by atoms with Crippen molar-refractivity contribution in [1.82, 2.24) is 15.5 Å². The minimum absolute atomic E-state index is 0.189. The van der Waals surface area contributed by atoms with Gasteiger partial charge in [-0.2, -0.15) is 5.26 Å². The lowest BCUT2D eigenvalue weighted by molar-refractivity contribution is -0.130. The largest absolute Gasteiger partial charge is 0.329 e. The molecule has 0 bridgehead atoms. The Bertz CT molecular complexity index is 564. The van der Waals surface area contributed by atoms with Crippen molar-refractivity contribution < 1.29 is 9.59 Å².